The second-order valence-corrected chi connectivity index (χ2v) is 5.90. The molecule has 1 amide bonds. The second kappa shape index (κ2) is 8.66. The van der Waals surface area contributed by atoms with Gasteiger partial charge in [-0.05, 0) is 49.5 Å². The van der Waals surface area contributed by atoms with E-state index in [1.807, 2.05) is 30.3 Å². The first-order valence-electron chi connectivity index (χ1n) is 8.02. The first-order chi connectivity index (χ1) is 11.2. The lowest BCUT2D eigenvalue weighted by Crippen LogP contribution is -2.39. The Hall–Kier alpha value is -2.11. The molecule has 0 radical (unpaired) electrons. The van der Waals surface area contributed by atoms with Crippen LogP contribution in [-0.4, -0.2) is 30.5 Å². The molecule has 1 aromatic heterocycles. The molecule has 1 atom stereocenters. The number of benzene rings is 1. The lowest BCUT2D eigenvalue weighted by molar-refractivity contribution is 0.0943. The molecule has 1 aromatic carbocycles. The minimum absolute atomic E-state index is 0. The molecular formula is C18H22ClN3O2. The van der Waals surface area contributed by atoms with E-state index in [2.05, 4.69) is 15.6 Å². The summed E-state index contributed by atoms with van der Waals surface area (Å²) in [4.78, 5) is 27.2. The van der Waals surface area contributed by atoms with Gasteiger partial charge in [-0.1, -0.05) is 30.3 Å². The van der Waals surface area contributed by atoms with Crippen molar-refractivity contribution in [2.75, 3.05) is 19.6 Å². The Morgan fingerprint density at radius 1 is 1.17 bits per heavy atom. The van der Waals surface area contributed by atoms with Gasteiger partial charge < -0.3 is 15.6 Å². The number of H-pyrrole nitrogens is 1. The third-order valence-corrected chi connectivity index (χ3v) is 4.19. The molecule has 2 aromatic rings. The summed E-state index contributed by atoms with van der Waals surface area (Å²) in [5.41, 5.74) is 1.44. The van der Waals surface area contributed by atoms with Crippen LogP contribution < -0.4 is 16.2 Å². The van der Waals surface area contributed by atoms with Crippen LogP contribution >= 0.6 is 12.4 Å². The van der Waals surface area contributed by atoms with E-state index in [4.69, 9.17) is 0 Å². The van der Waals surface area contributed by atoms with Crippen molar-refractivity contribution in [2.45, 2.75) is 12.8 Å². The second-order valence-electron chi connectivity index (χ2n) is 5.90. The van der Waals surface area contributed by atoms with E-state index in [1.54, 1.807) is 12.1 Å². The van der Waals surface area contributed by atoms with Crippen LogP contribution in [0.5, 0.6) is 0 Å². The predicted octanol–water partition coefficient (Wildman–Crippen LogP) is 2.19. The van der Waals surface area contributed by atoms with Crippen LogP contribution in [0.1, 0.15) is 23.2 Å². The molecule has 5 nitrogen and oxygen atoms in total. The number of pyridine rings is 1. The van der Waals surface area contributed by atoms with E-state index >= 15 is 0 Å². The Kier molecular flexibility index (Phi) is 6.58. The van der Waals surface area contributed by atoms with Crippen molar-refractivity contribution in [3.8, 4) is 11.3 Å². The number of hydrogen-bond donors (Lipinski definition) is 3. The molecule has 0 spiro atoms. The smallest absolute Gasteiger partial charge is 0.261 e. The predicted molar refractivity (Wildman–Crippen MR) is 97.7 cm³/mol. The maximum atomic E-state index is 12.2. The number of amides is 1. The van der Waals surface area contributed by atoms with Crippen molar-refractivity contribution in [2.24, 2.45) is 5.92 Å². The summed E-state index contributed by atoms with van der Waals surface area (Å²) < 4.78 is 0. The maximum absolute atomic E-state index is 12.2. The number of carbonyl (C=O) groups is 1. The van der Waals surface area contributed by atoms with Crippen molar-refractivity contribution in [1.29, 1.82) is 0 Å². The van der Waals surface area contributed by atoms with Crippen molar-refractivity contribution in [3.63, 3.8) is 0 Å². The summed E-state index contributed by atoms with van der Waals surface area (Å²) in [6.07, 6.45) is 2.24. The monoisotopic (exact) mass is 347 g/mol. The Labute approximate surface area is 147 Å². The van der Waals surface area contributed by atoms with Gasteiger partial charge in [-0.25, -0.2) is 0 Å². The van der Waals surface area contributed by atoms with Crippen LogP contribution in [0, 0.1) is 5.92 Å². The Morgan fingerprint density at radius 2 is 1.96 bits per heavy atom. The van der Waals surface area contributed by atoms with Crippen LogP contribution in [0.2, 0.25) is 0 Å². The van der Waals surface area contributed by atoms with Gasteiger partial charge in [0.15, 0.2) is 0 Å². The minimum atomic E-state index is -0.356. The quantitative estimate of drug-likeness (QED) is 0.793. The van der Waals surface area contributed by atoms with Gasteiger partial charge in [0.25, 0.3) is 11.5 Å². The molecular weight excluding hydrogens is 326 g/mol. The number of hydrogen-bond acceptors (Lipinski definition) is 3. The number of aromatic nitrogens is 1. The molecule has 0 bridgehead atoms. The molecule has 0 saturated carbocycles. The highest BCUT2D eigenvalue weighted by Gasteiger charge is 2.16. The van der Waals surface area contributed by atoms with Crippen molar-refractivity contribution in [3.05, 3.63) is 58.4 Å². The SMILES string of the molecule is Cl.O=C(NCC1CCCNC1)c1ccc(-c2ccccc2)[nH]c1=O. The third kappa shape index (κ3) is 4.46. The number of aromatic amines is 1. The normalized spacial score (nSPS) is 16.9. The molecule has 128 valence electrons. The minimum Gasteiger partial charge on any atom is -0.352 e. The number of carbonyl (C=O) groups excluding carboxylic acids is 1. The van der Waals surface area contributed by atoms with Crippen molar-refractivity contribution in [1.82, 2.24) is 15.6 Å². The zero-order valence-electron chi connectivity index (χ0n) is 13.4. The van der Waals surface area contributed by atoms with Gasteiger partial charge in [-0.15, -0.1) is 12.4 Å². The van der Waals surface area contributed by atoms with Gasteiger partial charge >= 0.3 is 0 Å². The van der Waals surface area contributed by atoms with Gasteiger partial charge in [0.2, 0.25) is 0 Å². The standard InChI is InChI=1S/C18H21N3O2.ClH/c22-17(20-12-13-5-4-10-19-11-13)15-8-9-16(21-18(15)23)14-6-2-1-3-7-14;/h1-3,6-9,13,19H,4-5,10-12H2,(H,20,22)(H,21,23);1H. The van der Waals surface area contributed by atoms with Gasteiger partial charge in [0.1, 0.15) is 5.56 Å². The number of nitrogens with one attached hydrogen (secondary N) is 3. The molecule has 3 rings (SSSR count). The third-order valence-electron chi connectivity index (χ3n) is 4.19. The number of piperidine rings is 1. The molecule has 24 heavy (non-hydrogen) atoms. The highest BCUT2D eigenvalue weighted by atomic mass is 35.5. The summed E-state index contributed by atoms with van der Waals surface area (Å²) >= 11 is 0. The van der Waals surface area contributed by atoms with Gasteiger partial charge in [0, 0.05) is 12.2 Å². The van der Waals surface area contributed by atoms with E-state index in [1.165, 1.54) is 0 Å². The fourth-order valence-electron chi connectivity index (χ4n) is 2.87. The molecule has 1 aliphatic heterocycles. The van der Waals surface area contributed by atoms with Gasteiger partial charge in [-0.2, -0.15) is 0 Å². The maximum Gasteiger partial charge on any atom is 0.261 e. The lowest BCUT2D eigenvalue weighted by atomic mass is 10.00. The summed E-state index contributed by atoms with van der Waals surface area (Å²) in [5.74, 6) is 0.131. The van der Waals surface area contributed by atoms with Gasteiger partial charge in [-0.3, -0.25) is 9.59 Å². The average molecular weight is 348 g/mol. The molecule has 2 heterocycles. The average Bonchev–Trinajstić information content (AvgIpc) is 2.61. The molecule has 1 saturated heterocycles. The molecule has 3 N–H and O–H groups in total. The van der Waals surface area contributed by atoms with E-state index in [-0.39, 0.29) is 29.4 Å². The molecule has 6 heteroatoms. The first kappa shape index (κ1) is 18.2. The molecule has 1 fully saturated rings. The molecule has 1 unspecified atom stereocenters. The lowest BCUT2D eigenvalue weighted by Gasteiger charge is -2.22. The summed E-state index contributed by atoms with van der Waals surface area (Å²) in [6, 6.07) is 12.9. The van der Waals surface area contributed by atoms with Crippen LogP contribution in [-0.2, 0) is 0 Å². The summed E-state index contributed by atoms with van der Waals surface area (Å²) in [7, 11) is 0. The summed E-state index contributed by atoms with van der Waals surface area (Å²) in [5, 5.41) is 6.19. The van der Waals surface area contributed by atoms with E-state index in [0.29, 0.717) is 18.2 Å². The highest BCUT2D eigenvalue weighted by Crippen LogP contribution is 2.14. The number of halogens is 1. The Balaban J connectivity index is 0.00000208. The fraction of sp³-hybridized carbons (Fsp3) is 0.333. The van der Waals surface area contributed by atoms with Crippen LogP contribution in [0.25, 0.3) is 11.3 Å². The summed E-state index contributed by atoms with van der Waals surface area (Å²) in [6.45, 7) is 2.57. The van der Waals surface area contributed by atoms with E-state index in [9.17, 15) is 9.59 Å². The zero-order valence-corrected chi connectivity index (χ0v) is 14.2. The topological polar surface area (TPSA) is 74.0 Å². The van der Waals surface area contributed by atoms with Crippen LogP contribution in [0.4, 0.5) is 0 Å². The fourth-order valence-corrected chi connectivity index (χ4v) is 2.87. The van der Waals surface area contributed by atoms with Crippen molar-refractivity contribution >= 4 is 18.3 Å². The van der Waals surface area contributed by atoms with Crippen LogP contribution in [0.15, 0.2) is 47.3 Å². The zero-order chi connectivity index (χ0) is 16.1. The Morgan fingerprint density at radius 3 is 2.62 bits per heavy atom. The molecule has 1 aliphatic rings. The molecule has 0 aliphatic carbocycles. The van der Waals surface area contributed by atoms with Crippen LogP contribution in [0.3, 0.4) is 0 Å². The van der Waals surface area contributed by atoms with E-state index < -0.39 is 0 Å². The van der Waals surface area contributed by atoms with Crippen molar-refractivity contribution < 1.29 is 4.79 Å². The number of rotatable bonds is 4. The highest BCUT2D eigenvalue weighted by molar-refractivity contribution is 5.94. The first-order valence-corrected chi connectivity index (χ1v) is 8.02. The van der Waals surface area contributed by atoms with E-state index in [0.717, 1.165) is 31.5 Å². The Bertz CT molecular complexity index is 725. The largest absolute Gasteiger partial charge is 0.352 e. The van der Waals surface area contributed by atoms with Gasteiger partial charge in [0.05, 0.1) is 0 Å².